The Balaban J connectivity index is 1.44. The van der Waals surface area contributed by atoms with E-state index >= 15 is 0 Å². The van der Waals surface area contributed by atoms with Gasteiger partial charge in [0.05, 0.1) is 6.42 Å². The van der Waals surface area contributed by atoms with Crippen LogP contribution in [-0.4, -0.2) is 64.2 Å². The zero-order valence-corrected chi connectivity index (χ0v) is 18.4. The average Bonchev–Trinajstić information content (AvgIpc) is 3.50. The van der Waals surface area contributed by atoms with Gasteiger partial charge in [-0.2, -0.15) is 13.2 Å². The largest absolute Gasteiger partial charge is 0.481 e. The SMILES string of the molecule is CC1(CN(C(=O)C(F)(F)F)[C@@H]2C[C@H]2c2ccccc2)CCN(C2(CC(=O)O)CCC2)CC1. The molecule has 4 rings (SSSR count). The highest BCUT2D eigenvalue weighted by Crippen LogP contribution is 2.49. The maximum atomic E-state index is 13.4. The van der Waals surface area contributed by atoms with E-state index in [-0.39, 0.29) is 24.4 Å². The Labute approximate surface area is 186 Å². The summed E-state index contributed by atoms with van der Waals surface area (Å²) >= 11 is 0. The van der Waals surface area contributed by atoms with Crippen LogP contribution in [0.5, 0.6) is 0 Å². The molecule has 3 aliphatic rings. The van der Waals surface area contributed by atoms with Gasteiger partial charge in [-0.1, -0.05) is 37.3 Å². The number of carboxylic acid groups (broad SMARTS) is 1. The topological polar surface area (TPSA) is 60.9 Å². The molecule has 1 amide bonds. The van der Waals surface area contributed by atoms with Gasteiger partial charge in [0, 0.05) is 24.0 Å². The van der Waals surface area contributed by atoms with Crippen LogP contribution >= 0.6 is 0 Å². The lowest BCUT2D eigenvalue weighted by atomic mass is 9.70. The number of hydrogen-bond donors (Lipinski definition) is 1. The summed E-state index contributed by atoms with van der Waals surface area (Å²) in [7, 11) is 0. The van der Waals surface area contributed by atoms with Crippen LogP contribution in [0.25, 0.3) is 0 Å². The molecule has 0 spiro atoms. The minimum absolute atomic E-state index is 0.0556. The van der Waals surface area contributed by atoms with E-state index in [4.69, 9.17) is 0 Å². The fourth-order valence-corrected chi connectivity index (χ4v) is 5.65. The Morgan fingerprint density at radius 3 is 2.25 bits per heavy atom. The molecule has 1 aromatic rings. The molecule has 1 saturated heterocycles. The molecule has 2 saturated carbocycles. The highest BCUT2D eigenvalue weighted by molar-refractivity contribution is 5.82. The number of rotatable bonds is 7. The van der Waals surface area contributed by atoms with E-state index in [0.717, 1.165) is 29.7 Å². The first-order valence-electron chi connectivity index (χ1n) is 11.4. The summed E-state index contributed by atoms with van der Waals surface area (Å²) in [4.78, 5) is 27.0. The zero-order valence-electron chi connectivity index (χ0n) is 18.4. The average molecular weight is 453 g/mol. The third-order valence-corrected chi connectivity index (χ3v) is 7.85. The van der Waals surface area contributed by atoms with Crippen molar-refractivity contribution in [2.24, 2.45) is 5.41 Å². The second kappa shape index (κ2) is 8.36. The molecule has 1 heterocycles. The molecule has 2 atom stereocenters. The van der Waals surface area contributed by atoms with Crippen molar-refractivity contribution in [3.63, 3.8) is 0 Å². The summed E-state index contributed by atoms with van der Waals surface area (Å²) < 4.78 is 40.3. The molecular formula is C24H31F3N2O3. The van der Waals surface area contributed by atoms with Gasteiger partial charge in [-0.15, -0.1) is 0 Å². The molecule has 5 nitrogen and oxygen atoms in total. The first kappa shape index (κ1) is 23.1. The van der Waals surface area contributed by atoms with Crippen LogP contribution in [0.1, 0.15) is 63.4 Å². The van der Waals surface area contributed by atoms with Gasteiger partial charge in [-0.3, -0.25) is 14.5 Å². The van der Waals surface area contributed by atoms with Crippen LogP contribution in [0.3, 0.4) is 0 Å². The number of piperidine rings is 1. The second-order valence-electron chi connectivity index (χ2n) is 10.2. The molecule has 176 valence electrons. The molecule has 32 heavy (non-hydrogen) atoms. The number of alkyl halides is 3. The number of benzene rings is 1. The van der Waals surface area contributed by atoms with E-state index in [1.165, 1.54) is 0 Å². The number of amides is 1. The summed E-state index contributed by atoms with van der Waals surface area (Å²) in [6, 6.07) is 8.99. The lowest BCUT2D eigenvalue weighted by Crippen LogP contribution is -2.59. The number of likely N-dealkylation sites (tertiary alicyclic amines) is 1. The van der Waals surface area contributed by atoms with Crippen LogP contribution in [0.2, 0.25) is 0 Å². The Bertz CT molecular complexity index is 846. The van der Waals surface area contributed by atoms with Crippen molar-refractivity contribution in [3.05, 3.63) is 35.9 Å². The Kier molecular flexibility index (Phi) is 6.03. The second-order valence-corrected chi connectivity index (χ2v) is 10.2. The van der Waals surface area contributed by atoms with Crippen molar-refractivity contribution in [1.82, 2.24) is 9.80 Å². The maximum Gasteiger partial charge on any atom is 0.471 e. The van der Waals surface area contributed by atoms with Gasteiger partial charge in [-0.05, 0) is 62.6 Å². The number of aliphatic carboxylic acids is 1. The number of carbonyl (C=O) groups excluding carboxylic acids is 1. The monoisotopic (exact) mass is 452 g/mol. The van der Waals surface area contributed by atoms with Gasteiger partial charge in [0.2, 0.25) is 0 Å². The number of nitrogens with zero attached hydrogens (tertiary/aromatic N) is 2. The third kappa shape index (κ3) is 4.65. The van der Waals surface area contributed by atoms with Gasteiger partial charge in [0.1, 0.15) is 0 Å². The van der Waals surface area contributed by atoms with E-state index in [0.29, 0.717) is 32.4 Å². The molecule has 1 aromatic carbocycles. The lowest BCUT2D eigenvalue weighted by molar-refractivity contribution is -0.188. The number of hydrogen-bond acceptors (Lipinski definition) is 3. The van der Waals surface area contributed by atoms with E-state index in [1.54, 1.807) is 0 Å². The molecule has 1 aliphatic heterocycles. The van der Waals surface area contributed by atoms with Crippen molar-refractivity contribution in [2.75, 3.05) is 19.6 Å². The summed E-state index contributed by atoms with van der Waals surface area (Å²) in [6.45, 7) is 3.36. The van der Waals surface area contributed by atoms with Gasteiger partial charge in [-0.25, -0.2) is 0 Å². The number of carboxylic acids is 1. The van der Waals surface area contributed by atoms with Crippen molar-refractivity contribution in [2.45, 2.75) is 75.5 Å². The summed E-state index contributed by atoms with van der Waals surface area (Å²) in [6.07, 6.45) is -0.197. The highest BCUT2D eigenvalue weighted by Gasteiger charge is 2.54. The van der Waals surface area contributed by atoms with Gasteiger partial charge in [0.25, 0.3) is 0 Å². The van der Waals surface area contributed by atoms with Crippen molar-refractivity contribution in [3.8, 4) is 0 Å². The standard InChI is InChI=1S/C24H31F3N2O3/c1-22(10-12-28(13-11-22)23(8-5-9-23)15-20(30)31)16-29(21(32)24(25,26)27)19-14-18(19)17-6-3-2-4-7-17/h2-4,6-7,18-19H,5,8-16H2,1H3,(H,30,31)/t18-,19+/m0/s1. The molecular weight excluding hydrogens is 421 g/mol. The summed E-state index contributed by atoms with van der Waals surface area (Å²) in [5.41, 5.74) is 0.247. The zero-order chi connectivity index (χ0) is 23.1. The number of halogens is 3. The van der Waals surface area contributed by atoms with Crippen molar-refractivity contribution >= 4 is 11.9 Å². The predicted molar refractivity (Wildman–Crippen MR) is 113 cm³/mol. The van der Waals surface area contributed by atoms with Gasteiger partial charge in [0.15, 0.2) is 0 Å². The lowest BCUT2D eigenvalue weighted by Gasteiger charge is -2.54. The Hall–Kier alpha value is -2.09. The van der Waals surface area contributed by atoms with Crippen LogP contribution in [0.4, 0.5) is 13.2 Å². The summed E-state index contributed by atoms with van der Waals surface area (Å²) in [5, 5.41) is 9.31. The van der Waals surface area contributed by atoms with E-state index in [9.17, 15) is 27.9 Å². The molecule has 3 fully saturated rings. The van der Waals surface area contributed by atoms with E-state index in [1.807, 2.05) is 37.3 Å². The fourth-order valence-electron chi connectivity index (χ4n) is 5.65. The van der Waals surface area contributed by atoms with Gasteiger partial charge < -0.3 is 10.0 Å². The van der Waals surface area contributed by atoms with Crippen LogP contribution in [-0.2, 0) is 9.59 Å². The molecule has 1 N–H and O–H groups in total. The van der Waals surface area contributed by atoms with Crippen LogP contribution in [0, 0.1) is 5.41 Å². The summed E-state index contributed by atoms with van der Waals surface area (Å²) in [5.74, 6) is -2.61. The highest BCUT2D eigenvalue weighted by atomic mass is 19.4. The van der Waals surface area contributed by atoms with Crippen molar-refractivity contribution in [1.29, 1.82) is 0 Å². The fraction of sp³-hybridized carbons (Fsp3) is 0.667. The normalized spacial score (nSPS) is 26.8. The Morgan fingerprint density at radius 1 is 1.12 bits per heavy atom. The molecule has 0 unspecified atom stereocenters. The third-order valence-electron chi connectivity index (χ3n) is 7.85. The molecule has 0 bridgehead atoms. The molecule has 0 aromatic heterocycles. The Morgan fingerprint density at radius 2 is 1.75 bits per heavy atom. The first-order chi connectivity index (χ1) is 15.0. The molecule has 2 aliphatic carbocycles. The van der Waals surface area contributed by atoms with E-state index in [2.05, 4.69) is 4.90 Å². The molecule has 8 heteroatoms. The smallest absolute Gasteiger partial charge is 0.471 e. The van der Waals surface area contributed by atoms with E-state index < -0.39 is 29.5 Å². The molecule has 0 radical (unpaired) electrons. The quantitative estimate of drug-likeness (QED) is 0.665. The number of carbonyl (C=O) groups is 2. The first-order valence-corrected chi connectivity index (χ1v) is 11.4. The van der Waals surface area contributed by atoms with Gasteiger partial charge >= 0.3 is 18.1 Å². The van der Waals surface area contributed by atoms with Crippen LogP contribution < -0.4 is 0 Å². The minimum Gasteiger partial charge on any atom is -0.481 e. The predicted octanol–water partition coefficient (Wildman–Crippen LogP) is 4.43. The minimum atomic E-state index is -4.89. The maximum absolute atomic E-state index is 13.4. The van der Waals surface area contributed by atoms with Crippen LogP contribution in [0.15, 0.2) is 30.3 Å². The van der Waals surface area contributed by atoms with Crippen molar-refractivity contribution < 1.29 is 27.9 Å².